The molecule has 1 aromatic rings. The Morgan fingerprint density at radius 3 is 3.11 bits per heavy atom. The lowest BCUT2D eigenvalue weighted by Gasteiger charge is -2.11. The maximum Gasteiger partial charge on any atom is 0.193 e. The highest BCUT2D eigenvalue weighted by molar-refractivity contribution is 8.00. The zero-order valence-corrected chi connectivity index (χ0v) is 11.4. The minimum absolute atomic E-state index is 0.451. The molecule has 4 nitrogen and oxygen atoms in total. The van der Waals surface area contributed by atoms with Crippen LogP contribution in [0.1, 0.15) is 12.8 Å². The van der Waals surface area contributed by atoms with Crippen molar-refractivity contribution in [2.45, 2.75) is 18.1 Å². The molecule has 0 bridgehead atoms. The second-order valence-electron chi connectivity index (χ2n) is 4.19. The number of aliphatic imine (C=N–C) groups is 1. The number of hydrogen-bond acceptors (Lipinski definition) is 3. The standard InChI is InChI=1S/C13H19N3OS/c1-17-12-7-3-2-6-11(12)16-13(14)15-9-10-5-4-8-18-10/h2-3,6-7,10H,4-5,8-9H2,1H3,(H3,14,15,16). The van der Waals surface area contributed by atoms with Crippen LogP contribution < -0.4 is 15.8 Å². The van der Waals surface area contributed by atoms with Crippen molar-refractivity contribution in [2.24, 2.45) is 10.7 Å². The lowest BCUT2D eigenvalue weighted by atomic mass is 10.2. The van der Waals surface area contributed by atoms with Crippen LogP contribution >= 0.6 is 11.8 Å². The molecule has 5 heteroatoms. The number of anilines is 1. The molecule has 3 N–H and O–H groups in total. The van der Waals surface area contributed by atoms with Gasteiger partial charge < -0.3 is 15.8 Å². The summed E-state index contributed by atoms with van der Waals surface area (Å²) in [5.74, 6) is 2.47. The summed E-state index contributed by atoms with van der Waals surface area (Å²) < 4.78 is 5.25. The van der Waals surface area contributed by atoms with Crippen LogP contribution in [0.25, 0.3) is 0 Å². The average molecular weight is 265 g/mol. The molecule has 1 saturated heterocycles. The zero-order valence-electron chi connectivity index (χ0n) is 10.6. The molecular weight excluding hydrogens is 246 g/mol. The second kappa shape index (κ2) is 6.54. The van der Waals surface area contributed by atoms with E-state index in [-0.39, 0.29) is 0 Å². The van der Waals surface area contributed by atoms with Gasteiger partial charge in [0.2, 0.25) is 0 Å². The van der Waals surface area contributed by atoms with Gasteiger partial charge in [0.05, 0.1) is 19.3 Å². The van der Waals surface area contributed by atoms with Gasteiger partial charge in [-0.3, -0.25) is 4.99 Å². The van der Waals surface area contributed by atoms with Gasteiger partial charge in [-0.1, -0.05) is 12.1 Å². The molecular formula is C13H19N3OS. The van der Waals surface area contributed by atoms with Crippen LogP contribution in [0.15, 0.2) is 29.3 Å². The lowest BCUT2D eigenvalue weighted by molar-refractivity contribution is 0.417. The number of nitrogens with two attached hydrogens (primary N) is 1. The van der Waals surface area contributed by atoms with Gasteiger partial charge in [0.15, 0.2) is 5.96 Å². The fraction of sp³-hybridized carbons (Fsp3) is 0.462. The predicted molar refractivity (Wildman–Crippen MR) is 78.6 cm³/mol. The first kappa shape index (κ1) is 13.1. The van der Waals surface area contributed by atoms with Gasteiger partial charge in [0, 0.05) is 5.25 Å². The van der Waals surface area contributed by atoms with Crippen LogP contribution in [0, 0.1) is 0 Å². The Morgan fingerprint density at radius 2 is 2.39 bits per heavy atom. The molecule has 0 spiro atoms. The van der Waals surface area contributed by atoms with Crippen LogP contribution in [0.5, 0.6) is 5.75 Å². The van der Waals surface area contributed by atoms with Crippen molar-refractivity contribution in [1.82, 2.24) is 0 Å². The van der Waals surface area contributed by atoms with Crippen LogP contribution in [0.3, 0.4) is 0 Å². The normalized spacial score (nSPS) is 19.8. The van der Waals surface area contributed by atoms with Crippen molar-refractivity contribution in [3.05, 3.63) is 24.3 Å². The van der Waals surface area contributed by atoms with E-state index in [2.05, 4.69) is 10.3 Å². The summed E-state index contributed by atoms with van der Waals surface area (Å²) in [6.45, 7) is 0.790. The summed E-state index contributed by atoms with van der Waals surface area (Å²) in [7, 11) is 1.64. The molecule has 98 valence electrons. The van der Waals surface area contributed by atoms with Crippen molar-refractivity contribution >= 4 is 23.4 Å². The molecule has 18 heavy (non-hydrogen) atoms. The third-order valence-corrected chi connectivity index (χ3v) is 4.24. The molecule has 0 aromatic heterocycles. The molecule has 1 atom stereocenters. The molecule has 2 rings (SSSR count). The van der Waals surface area contributed by atoms with E-state index in [1.165, 1.54) is 18.6 Å². The SMILES string of the molecule is COc1ccccc1NC(N)=NCC1CCCS1. The largest absolute Gasteiger partial charge is 0.495 e. The number of rotatable bonds is 4. The van der Waals surface area contributed by atoms with Crippen LogP contribution in [-0.4, -0.2) is 30.6 Å². The first-order valence-electron chi connectivity index (χ1n) is 6.11. The Labute approximate surface area is 112 Å². The van der Waals surface area contributed by atoms with Gasteiger partial charge in [-0.25, -0.2) is 0 Å². The fourth-order valence-corrected chi connectivity index (χ4v) is 3.09. The number of hydrogen-bond donors (Lipinski definition) is 2. The highest BCUT2D eigenvalue weighted by Gasteiger charge is 2.14. The maximum absolute atomic E-state index is 5.88. The van der Waals surface area contributed by atoms with Crippen molar-refractivity contribution in [1.29, 1.82) is 0 Å². The highest BCUT2D eigenvalue weighted by atomic mass is 32.2. The Kier molecular flexibility index (Phi) is 4.75. The quantitative estimate of drug-likeness (QED) is 0.648. The summed E-state index contributed by atoms with van der Waals surface area (Å²) in [6.07, 6.45) is 2.54. The van der Waals surface area contributed by atoms with Crippen molar-refractivity contribution < 1.29 is 4.74 Å². The Balaban J connectivity index is 1.92. The van der Waals surface area contributed by atoms with Crippen molar-refractivity contribution in [3.8, 4) is 5.75 Å². The number of nitrogens with one attached hydrogen (secondary N) is 1. The van der Waals surface area contributed by atoms with Crippen LogP contribution in [0.2, 0.25) is 0 Å². The number of nitrogens with zero attached hydrogens (tertiary/aromatic N) is 1. The summed E-state index contributed by atoms with van der Waals surface area (Å²) in [6, 6.07) is 7.67. The van der Waals surface area contributed by atoms with E-state index in [4.69, 9.17) is 10.5 Å². The van der Waals surface area contributed by atoms with E-state index in [9.17, 15) is 0 Å². The maximum atomic E-state index is 5.88. The lowest BCUT2D eigenvalue weighted by Crippen LogP contribution is -2.24. The van der Waals surface area contributed by atoms with Crippen molar-refractivity contribution in [2.75, 3.05) is 24.7 Å². The molecule has 1 fully saturated rings. The summed E-state index contributed by atoms with van der Waals surface area (Å²) in [5, 5.41) is 3.71. The average Bonchev–Trinajstić information content (AvgIpc) is 2.90. The smallest absolute Gasteiger partial charge is 0.193 e. The van der Waals surface area contributed by atoms with E-state index in [0.29, 0.717) is 11.2 Å². The molecule has 1 aromatic carbocycles. The van der Waals surface area contributed by atoms with Gasteiger partial charge in [0.25, 0.3) is 0 Å². The van der Waals surface area contributed by atoms with E-state index < -0.39 is 0 Å². The molecule has 0 aliphatic carbocycles. The number of para-hydroxylation sites is 2. The molecule has 0 amide bonds. The Bertz CT molecular complexity index is 416. The monoisotopic (exact) mass is 265 g/mol. The number of methoxy groups -OCH3 is 1. The minimum atomic E-state index is 0.451. The predicted octanol–water partition coefficient (Wildman–Crippen LogP) is 2.32. The van der Waals surface area contributed by atoms with Gasteiger partial charge in [-0.2, -0.15) is 11.8 Å². The second-order valence-corrected chi connectivity index (χ2v) is 5.59. The fourth-order valence-electron chi connectivity index (χ4n) is 1.91. The van der Waals surface area contributed by atoms with Crippen LogP contribution in [0.4, 0.5) is 5.69 Å². The van der Waals surface area contributed by atoms with E-state index >= 15 is 0 Å². The van der Waals surface area contributed by atoms with E-state index in [0.717, 1.165) is 18.0 Å². The first-order valence-corrected chi connectivity index (χ1v) is 7.16. The van der Waals surface area contributed by atoms with E-state index in [1.54, 1.807) is 7.11 Å². The third-order valence-electron chi connectivity index (χ3n) is 2.86. The summed E-state index contributed by atoms with van der Waals surface area (Å²) >= 11 is 1.98. The number of guanidine groups is 1. The highest BCUT2D eigenvalue weighted by Crippen LogP contribution is 2.26. The molecule has 1 unspecified atom stereocenters. The molecule has 1 aliphatic heterocycles. The molecule has 1 aliphatic rings. The Morgan fingerprint density at radius 1 is 1.56 bits per heavy atom. The van der Waals surface area contributed by atoms with E-state index in [1.807, 2.05) is 36.0 Å². The minimum Gasteiger partial charge on any atom is -0.495 e. The number of ether oxygens (including phenoxy) is 1. The summed E-state index contributed by atoms with van der Waals surface area (Å²) in [4.78, 5) is 4.38. The van der Waals surface area contributed by atoms with Crippen LogP contribution in [-0.2, 0) is 0 Å². The van der Waals surface area contributed by atoms with Gasteiger partial charge in [0.1, 0.15) is 5.75 Å². The number of benzene rings is 1. The van der Waals surface area contributed by atoms with Crippen molar-refractivity contribution in [3.63, 3.8) is 0 Å². The third kappa shape index (κ3) is 3.57. The zero-order chi connectivity index (χ0) is 12.8. The topological polar surface area (TPSA) is 59.6 Å². The van der Waals surface area contributed by atoms with Gasteiger partial charge >= 0.3 is 0 Å². The summed E-state index contributed by atoms with van der Waals surface area (Å²) in [5.41, 5.74) is 6.73. The molecule has 0 saturated carbocycles. The Hall–Kier alpha value is -1.36. The molecule has 0 radical (unpaired) electrons. The molecule has 1 heterocycles. The first-order chi connectivity index (χ1) is 8.79. The van der Waals surface area contributed by atoms with Gasteiger partial charge in [-0.15, -0.1) is 0 Å². The number of thioether (sulfide) groups is 1. The van der Waals surface area contributed by atoms with Gasteiger partial charge in [-0.05, 0) is 30.7 Å².